The zero-order valence-electron chi connectivity index (χ0n) is 14.3. The topological polar surface area (TPSA) is 55.6 Å². The first-order valence-electron chi connectivity index (χ1n) is 8.24. The average molecular weight is 329 g/mol. The van der Waals surface area contributed by atoms with Crippen molar-refractivity contribution in [2.24, 2.45) is 7.05 Å². The maximum Gasteiger partial charge on any atom is 0.148 e. The standard InChI is InChI=1S/C20H19N5/c1-14-20(24-19-9-4-3-8-18(19)23-14)21-11-15-6-5-7-16(10-15)17-12-22-25(2)13-17/h3-10,12-13H,11H2,1-2H3,(H,21,24). The van der Waals surface area contributed by atoms with E-state index in [1.54, 1.807) is 0 Å². The first kappa shape index (κ1) is 15.3. The zero-order chi connectivity index (χ0) is 17.2. The highest BCUT2D eigenvalue weighted by Crippen LogP contribution is 2.21. The molecule has 1 N–H and O–H groups in total. The fraction of sp³-hybridized carbons (Fsp3) is 0.150. The predicted molar refractivity (Wildman–Crippen MR) is 100 cm³/mol. The fourth-order valence-corrected chi connectivity index (χ4v) is 2.87. The predicted octanol–water partition coefficient (Wildman–Crippen LogP) is 3.95. The number of aromatic nitrogens is 4. The normalized spacial score (nSPS) is 11.0. The van der Waals surface area contributed by atoms with E-state index in [4.69, 9.17) is 0 Å². The van der Waals surface area contributed by atoms with Crippen molar-refractivity contribution < 1.29 is 0 Å². The summed E-state index contributed by atoms with van der Waals surface area (Å²) in [5.74, 6) is 0.825. The lowest BCUT2D eigenvalue weighted by molar-refractivity contribution is 0.768. The molecule has 4 aromatic rings. The van der Waals surface area contributed by atoms with Gasteiger partial charge in [0.05, 0.1) is 22.9 Å². The minimum atomic E-state index is 0.696. The van der Waals surface area contributed by atoms with Crippen LogP contribution in [0.25, 0.3) is 22.2 Å². The van der Waals surface area contributed by atoms with Crippen LogP contribution in [0.4, 0.5) is 5.82 Å². The van der Waals surface area contributed by atoms with E-state index in [0.717, 1.165) is 33.7 Å². The molecule has 4 rings (SSSR count). The number of para-hydroxylation sites is 2. The molecule has 0 radical (unpaired) electrons. The van der Waals surface area contributed by atoms with Crippen LogP contribution < -0.4 is 5.32 Å². The summed E-state index contributed by atoms with van der Waals surface area (Å²) in [6.45, 7) is 2.68. The summed E-state index contributed by atoms with van der Waals surface area (Å²) in [4.78, 5) is 9.31. The number of rotatable bonds is 4. The van der Waals surface area contributed by atoms with Gasteiger partial charge < -0.3 is 5.32 Å². The summed E-state index contributed by atoms with van der Waals surface area (Å²) in [6.07, 6.45) is 3.90. The lowest BCUT2D eigenvalue weighted by Gasteiger charge is -2.10. The van der Waals surface area contributed by atoms with E-state index in [0.29, 0.717) is 6.54 Å². The van der Waals surface area contributed by atoms with Crippen molar-refractivity contribution in [3.8, 4) is 11.1 Å². The highest BCUT2D eigenvalue weighted by atomic mass is 15.2. The second kappa shape index (κ2) is 6.36. The number of benzene rings is 2. The second-order valence-electron chi connectivity index (χ2n) is 6.10. The van der Waals surface area contributed by atoms with E-state index in [1.807, 2.05) is 55.3 Å². The van der Waals surface area contributed by atoms with Gasteiger partial charge in [0, 0.05) is 25.4 Å². The Bertz CT molecular complexity index is 1040. The van der Waals surface area contributed by atoms with Crippen LogP contribution in [0, 0.1) is 6.92 Å². The van der Waals surface area contributed by atoms with E-state index in [1.165, 1.54) is 5.56 Å². The summed E-state index contributed by atoms with van der Waals surface area (Å²) in [7, 11) is 1.93. The van der Waals surface area contributed by atoms with Crippen LogP contribution in [-0.2, 0) is 13.6 Å². The molecule has 0 amide bonds. The maximum atomic E-state index is 4.69. The minimum Gasteiger partial charge on any atom is -0.364 e. The molecular formula is C20H19N5. The molecule has 124 valence electrons. The van der Waals surface area contributed by atoms with Gasteiger partial charge in [-0.25, -0.2) is 9.97 Å². The smallest absolute Gasteiger partial charge is 0.148 e. The van der Waals surface area contributed by atoms with Crippen molar-refractivity contribution in [2.45, 2.75) is 13.5 Å². The summed E-state index contributed by atoms with van der Waals surface area (Å²) in [6, 6.07) is 16.4. The van der Waals surface area contributed by atoms with Crippen molar-refractivity contribution >= 4 is 16.9 Å². The van der Waals surface area contributed by atoms with Gasteiger partial charge in [-0.15, -0.1) is 0 Å². The summed E-state index contributed by atoms with van der Waals surface area (Å²) in [5, 5.41) is 7.65. The molecular weight excluding hydrogens is 310 g/mol. The summed E-state index contributed by atoms with van der Waals surface area (Å²) >= 11 is 0. The Kier molecular flexibility index (Phi) is 3.90. The van der Waals surface area contributed by atoms with E-state index >= 15 is 0 Å². The molecule has 25 heavy (non-hydrogen) atoms. The van der Waals surface area contributed by atoms with Crippen molar-refractivity contribution in [2.75, 3.05) is 5.32 Å². The maximum absolute atomic E-state index is 4.69. The zero-order valence-corrected chi connectivity index (χ0v) is 14.3. The Hall–Kier alpha value is -3.21. The summed E-state index contributed by atoms with van der Waals surface area (Å²) < 4.78 is 1.81. The Labute approximate surface area is 146 Å². The number of nitrogens with one attached hydrogen (secondary N) is 1. The molecule has 0 saturated heterocycles. The number of anilines is 1. The van der Waals surface area contributed by atoms with E-state index in [9.17, 15) is 0 Å². The molecule has 5 heteroatoms. The van der Waals surface area contributed by atoms with Gasteiger partial charge >= 0.3 is 0 Å². The number of nitrogens with zero attached hydrogens (tertiary/aromatic N) is 4. The molecule has 0 spiro atoms. The van der Waals surface area contributed by atoms with Crippen molar-refractivity contribution in [1.29, 1.82) is 0 Å². The molecule has 0 aliphatic carbocycles. The van der Waals surface area contributed by atoms with Crippen LogP contribution >= 0.6 is 0 Å². The molecule has 0 fully saturated rings. The summed E-state index contributed by atoms with van der Waals surface area (Å²) in [5.41, 5.74) is 6.20. The van der Waals surface area contributed by atoms with Crippen molar-refractivity contribution in [1.82, 2.24) is 19.7 Å². The first-order valence-corrected chi connectivity index (χ1v) is 8.24. The number of aryl methyl sites for hydroxylation is 2. The van der Waals surface area contributed by atoms with E-state index in [2.05, 4.69) is 44.6 Å². The molecule has 2 aromatic heterocycles. The van der Waals surface area contributed by atoms with E-state index < -0.39 is 0 Å². The first-order chi connectivity index (χ1) is 12.2. The molecule has 5 nitrogen and oxygen atoms in total. The Morgan fingerprint density at radius 1 is 0.960 bits per heavy atom. The molecule has 0 unspecified atom stereocenters. The van der Waals surface area contributed by atoms with Gasteiger partial charge in [0.25, 0.3) is 0 Å². The highest BCUT2D eigenvalue weighted by molar-refractivity contribution is 5.76. The van der Waals surface area contributed by atoms with Crippen LogP contribution in [0.1, 0.15) is 11.3 Å². The quantitative estimate of drug-likeness (QED) is 0.616. The minimum absolute atomic E-state index is 0.696. The highest BCUT2D eigenvalue weighted by Gasteiger charge is 2.06. The van der Waals surface area contributed by atoms with Gasteiger partial charge in [0.1, 0.15) is 5.82 Å². The number of hydrogen-bond acceptors (Lipinski definition) is 4. The largest absolute Gasteiger partial charge is 0.364 e. The molecule has 0 bridgehead atoms. The SMILES string of the molecule is Cc1nc2ccccc2nc1NCc1cccc(-c2cnn(C)c2)c1. The van der Waals surface area contributed by atoms with Crippen molar-refractivity contribution in [3.63, 3.8) is 0 Å². The molecule has 0 aliphatic heterocycles. The third-order valence-electron chi connectivity index (χ3n) is 4.17. The van der Waals surface area contributed by atoms with Gasteiger partial charge in [-0.05, 0) is 36.2 Å². The lowest BCUT2D eigenvalue weighted by atomic mass is 10.1. The van der Waals surface area contributed by atoms with Crippen LogP contribution in [0.15, 0.2) is 60.9 Å². The van der Waals surface area contributed by atoms with Gasteiger partial charge in [-0.1, -0.05) is 30.3 Å². The lowest BCUT2D eigenvalue weighted by Crippen LogP contribution is -2.05. The Morgan fingerprint density at radius 3 is 2.52 bits per heavy atom. The van der Waals surface area contributed by atoms with Gasteiger partial charge in [0.15, 0.2) is 0 Å². The molecule has 2 aromatic carbocycles. The van der Waals surface area contributed by atoms with Crippen LogP contribution in [-0.4, -0.2) is 19.7 Å². The molecule has 2 heterocycles. The average Bonchev–Trinajstić information content (AvgIpc) is 3.07. The molecule has 0 saturated carbocycles. The van der Waals surface area contributed by atoms with Gasteiger partial charge in [-0.3, -0.25) is 4.68 Å². The van der Waals surface area contributed by atoms with E-state index in [-0.39, 0.29) is 0 Å². The second-order valence-corrected chi connectivity index (χ2v) is 6.10. The van der Waals surface area contributed by atoms with Crippen molar-refractivity contribution in [3.05, 3.63) is 72.2 Å². The third-order valence-corrected chi connectivity index (χ3v) is 4.17. The monoisotopic (exact) mass is 329 g/mol. The molecule has 0 aliphatic rings. The number of fused-ring (bicyclic) bond motifs is 1. The number of hydrogen-bond donors (Lipinski definition) is 1. The Balaban J connectivity index is 1.56. The van der Waals surface area contributed by atoms with Crippen LogP contribution in [0.3, 0.4) is 0 Å². The van der Waals surface area contributed by atoms with Gasteiger partial charge in [0.2, 0.25) is 0 Å². The fourth-order valence-electron chi connectivity index (χ4n) is 2.87. The Morgan fingerprint density at radius 2 is 1.76 bits per heavy atom. The van der Waals surface area contributed by atoms with Crippen LogP contribution in [0.2, 0.25) is 0 Å². The molecule has 0 atom stereocenters. The van der Waals surface area contributed by atoms with Crippen LogP contribution in [0.5, 0.6) is 0 Å². The third kappa shape index (κ3) is 3.21. The van der Waals surface area contributed by atoms with Gasteiger partial charge in [-0.2, -0.15) is 5.10 Å².